The lowest BCUT2D eigenvalue weighted by atomic mass is 10.2. The minimum atomic E-state index is 0.761. The van der Waals surface area contributed by atoms with Gasteiger partial charge < -0.3 is 10.5 Å². The van der Waals surface area contributed by atoms with Gasteiger partial charge in [0.2, 0.25) is 0 Å². The smallest absolute Gasteiger partial charge is 0.124 e. The highest BCUT2D eigenvalue weighted by Gasteiger charge is 1.98. The van der Waals surface area contributed by atoms with Crippen LogP contribution >= 0.6 is 0 Å². The largest absolute Gasteiger partial charge is 0.493 e. The molecule has 0 saturated carbocycles. The number of benzene rings is 1. The maximum absolute atomic E-state index is 5.65. The molecule has 0 aromatic heterocycles. The van der Waals surface area contributed by atoms with Crippen molar-refractivity contribution in [3.8, 4) is 5.75 Å². The van der Waals surface area contributed by atoms with E-state index in [4.69, 9.17) is 10.5 Å². The van der Waals surface area contributed by atoms with Gasteiger partial charge in [0.25, 0.3) is 0 Å². The maximum atomic E-state index is 5.65. The first kappa shape index (κ1) is 9.90. The van der Waals surface area contributed by atoms with Crippen LogP contribution in [0.2, 0.25) is 0 Å². The normalized spacial score (nSPS) is 10.0. The molecule has 0 saturated heterocycles. The van der Waals surface area contributed by atoms with Crippen molar-refractivity contribution >= 4 is 5.69 Å². The highest BCUT2D eigenvalue weighted by atomic mass is 16.5. The first-order valence-electron chi connectivity index (χ1n) is 4.73. The lowest BCUT2D eigenvalue weighted by Crippen LogP contribution is -1.98. The van der Waals surface area contributed by atoms with Crippen LogP contribution in [-0.4, -0.2) is 6.61 Å². The topological polar surface area (TPSA) is 35.2 Å². The van der Waals surface area contributed by atoms with Crippen molar-refractivity contribution in [2.45, 2.75) is 26.7 Å². The fourth-order valence-corrected chi connectivity index (χ4v) is 1.10. The van der Waals surface area contributed by atoms with Crippen LogP contribution in [0.5, 0.6) is 5.75 Å². The first-order valence-corrected chi connectivity index (χ1v) is 4.73. The number of unbranched alkanes of at least 4 members (excludes halogenated alkanes) is 1. The summed E-state index contributed by atoms with van der Waals surface area (Å²) in [5.74, 6) is 0.911. The molecular weight excluding hydrogens is 162 g/mol. The molecule has 0 aliphatic carbocycles. The molecule has 2 heteroatoms. The van der Waals surface area contributed by atoms with E-state index in [2.05, 4.69) is 6.92 Å². The van der Waals surface area contributed by atoms with Gasteiger partial charge >= 0.3 is 0 Å². The van der Waals surface area contributed by atoms with E-state index in [1.54, 1.807) is 0 Å². The molecule has 0 aliphatic heterocycles. The van der Waals surface area contributed by atoms with Crippen LogP contribution < -0.4 is 10.5 Å². The van der Waals surface area contributed by atoms with Crippen molar-refractivity contribution in [2.24, 2.45) is 0 Å². The zero-order valence-corrected chi connectivity index (χ0v) is 8.34. The van der Waals surface area contributed by atoms with Gasteiger partial charge in [-0.2, -0.15) is 0 Å². The quantitative estimate of drug-likeness (QED) is 0.569. The molecule has 0 heterocycles. The van der Waals surface area contributed by atoms with Gasteiger partial charge in [-0.15, -0.1) is 0 Å². The average molecular weight is 179 g/mol. The molecule has 1 aromatic carbocycles. The molecule has 0 atom stereocenters. The molecule has 0 bridgehead atoms. The fourth-order valence-electron chi connectivity index (χ4n) is 1.10. The van der Waals surface area contributed by atoms with Crippen molar-refractivity contribution in [3.63, 3.8) is 0 Å². The SMILES string of the molecule is CCCCOc1cc(N)ccc1C. The summed E-state index contributed by atoms with van der Waals surface area (Å²) < 4.78 is 5.58. The predicted molar refractivity (Wildman–Crippen MR) is 56.0 cm³/mol. The summed E-state index contributed by atoms with van der Waals surface area (Å²) in [6, 6.07) is 5.75. The second-order valence-corrected chi connectivity index (χ2v) is 3.23. The Labute approximate surface area is 79.7 Å². The zero-order chi connectivity index (χ0) is 9.68. The van der Waals surface area contributed by atoms with E-state index in [0.717, 1.165) is 36.4 Å². The lowest BCUT2D eigenvalue weighted by molar-refractivity contribution is 0.307. The summed E-state index contributed by atoms with van der Waals surface area (Å²) in [5, 5.41) is 0. The van der Waals surface area contributed by atoms with Crippen LogP contribution in [0.25, 0.3) is 0 Å². The molecule has 0 unspecified atom stereocenters. The average Bonchev–Trinajstić information content (AvgIpc) is 2.11. The molecule has 0 spiro atoms. The fraction of sp³-hybridized carbons (Fsp3) is 0.455. The van der Waals surface area contributed by atoms with Crippen LogP contribution in [0, 0.1) is 6.92 Å². The van der Waals surface area contributed by atoms with Crippen molar-refractivity contribution in [1.29, 1.82) is 0 Å². The van der Waals surface area contributed by atoms with Gasteiger partial charge in [0.05, 0.1) is 6.61 Å². The number of nitrogen functional groups attached to an aromatic ring is 1. The zero-order valence-electron chi connectivity index (χ0n) is 8.34. The number of anilines is 1. The lowest BCUT2D eigenvalue weighted by Gasteiger charge is -2.08. The molecule has 72 valence electrons. The molecule has 1 aromatic rings. The van der Waals surface area contributed by atoms with Gasteiger partial charge in [-0.3, -0.25) is 0 Å². The van der Waals surface area contributed by atoms with Crippen LogP contribution in [0.3, 0.4) is 0 Å². The Hall–Kier alpha value is -1.18. The highest BCUT2D eigenvalue weighted by molar-refractivity contribution is 5.47. The van der Waals surface area contributed by atoms with Crippen molar-refractivity contribution in [1.82, 2.24) is 0 Å². The van der Waals surface area contributed by atoms with Crippen molar-refractivity contribution in [3.05, 3.63) is 23.8 Å². The Bertz CT molecular complexity index is 271. The Kier molecular flexibility index (Phi) is 3.62. The van der Waals surface area contributed by atoms with E-state index in [0.29, 0.717) is 0 Å². The number of nitrogens with two attached hydrogens (primary N) is 1. The van der Waals surface area contributed by atoms with Gasteiger partial charge in [-0.05, 0) is 25.0 Å². The standard InChI is InChI=1S/C11H17NO/c1-3-4-7-13-11-8-10(12)6-5-9(11)2/h5-6,8H,3-4,7,12H2,1-2H3. The summed E-state index contributed by atoms with van der Waals surface area (Å²) in [6.45, 7) is 4.96. The van der Waals surface area contributed by atoms with Gasteiger partial charge in [-0.1, -0.05) is 19.4 Å². The molecule has 2 N–H and O–H groups in total. The molecule has 2 nitrogen and oxygen atoms in total. The molecule has 0 fully saturated rings. The molecular formula is C11H17NO. The molecule has 1 rings (SSSR count). The third-order valence-corrected chi connectivity index (χ3v) is 1.97. The number of ether oxygens (including phenoxy) is 1. The van der Waals surface area contributed by atoms with Gasteiger partial charge in [-0.25, -0.2) is 0 Å². The van der Waals surface area contributed by atoms with Crippen LogP contribution in [0.4, 0.5) is 5.69 Å². The van der Waals surface area contributed by atoms with E-state index in [1.807, 2.05) is 25.1 Å². The Morgan fingerprint density at radius 1 is 1.38 bits per heavy atom. The van der Waals surface area contributed by atoms with Crippen LogP contribution in [-0.2, 0) is 0 Å². The van der Waals surface area contributed by atoms with Crippen molar-refractivity contribution in [2.75, 3.05) is 12.3 Å². The summed E-state index contributed by atoms with van der Waals surface area (Å²) in [5.41, 5.74) is 7.56. The predicted octanol–water partition coefficient (Wildman–Crippen LogP) is 2.76. The second kappa shape index (κ2) is 4.75. The van der Waals surface area contributed by atoms with Crippen LogP contribution in [0.1, 0.15) is 25.3 Å². The molecule has 13 heavy (non-hydrogen) atoms. The summed E-state index contributed by atoms with van der Waals surface area (Å²) in [6.07, 6.45) is 2.25. The van der Waals surface area contributed by atoms with E-state index < -0.39 is 0 Å². The Balaban J connectivity index is 2.59. The highest BCUT2D eigenvalue weighted by Crippen LogP contribution is 2.20. The number of rotatable bonds is 4. The number of hydrogen-bond acceptors (Lipinski definition) is 2. The monoisotopic (exact) mass is 179 g/mol. The molecule has 0 amide bonds. The summed E-state index contributed by atoms with van der Waals surface area (Å²) >= 11 is 0. The van der Waals surface area contributed by atoms with Gasteiger partial charge in [0, 0.05) is 11.8 Å². The van der Waals surface area contributed by atoms with E-state index in [-0.39, 0.29) is 0 Å². The summed E-state index contributed by atoms with van der Waals surface area (Å²) in [7, 11) is 0. The van der Waals surface area contributed by atoms with E-state index in [9.17, 15) is 0 Å². The number of aryl methyl sites for hydroxylation is 1. The van der Waals surface area contributed by atoms with E-state index >= 15 is 0 Å². The molecule has 0 aliphatic rings. The Morgan fingerprint density at radius 3 is 2.85 bits per heavy atom. The van der Waals surface area contributed by atoms with Gasteiger partial charge in [0.15, 0.2) is 0 Å². The van der Waals surface area contributed by atoms with Crippen molar-refractivity contribution < 1.29 is 4.74 Å². The Morgan fingerprint density at radius 2 is 2.15 bits per heavy atom. The molecule has 0 radical (unpaired) electrons. The third kappa shape index (κ3) is 2.98. The first-order chi connectivity index (χ1) is 6.24. The third-order valence-electron chi connectivity index (χ3n) is 1.97. The minimum absolute atomic E-state index is 0.761. The van der Waals surface area contributed by atoms with Gasteiger partial charge in [0.1, 0.15) is 5.75 Å². The minimum Gasteiger partial charge on any atom is -0.493 e. The summed E-state index contributed by atoms with van der Waals surface area (Å²) in [4.78, 5) is 0. The second-order valence-electron chi connectivity index (χ2n) is 3.23. The van der Waals surface area contributed by atoms with E-state index in [1.165, 1.54) is 0 Å². The number of hydrogen-bond donors (Lipinski definition) is 1. The maximum Gasteiger partial charge on any atom is 0.124 e. The van der Waals surface area contributed by atoms with Crippen LogP contribution in [0.15, 0.2) is 18.2 Å².